The monoisotopic (exact) mass is 262 g/mol. The molecule has 1 unspecified atom stereocenters. The van der Waals surface area contributed by atoms with E-state index in [1.54, 1.807) is 0 Å². The van der Waals surface area contributed by atoms with Gasteiger partial charge in [0.05, 0.1) is 6.61 Å². The summed E-state index contributed by atoms with van der Waals surface area (Å²) >= 11 is 0. The Balaban J connectivity index is 3.32. The molecule has 0 amide bonds. The molecule has 0 saturated carbocycles. The van der Waals surface area contributed by atoms with Crippen molar-refractivity contribution >= 4 is 5.78 Å². The van der Waals surface area contributed by atoms with E-state index in [1.807, 2.05) is 0 Å². The highest BCUT2D eigenvalue weighted by molar-refractivity contribution is 5.84. The van der Waals surface area contributed by atoms with Gasteiger partial charge in [0.1, 0.15) is 18.2 Å². The smallest absolute Gasteiger partial charge is 0.245 e. The minimum Gasteiger partial charge on any atom is -0.394 e. The Morgan fingerprint density at radius 1 is 1.61 bits per heavy atom. The molecule has 5 atom stereocenters. The molecule has 6 N–H and O–H groups in total. The van der Waals surface area contributed by atoms with Crippen molar-refractivity contribution in [2.75, 3.05) is 6.61 Å². The van der Waals surface area contributed by atoms with Crippen LogP contribution < -0.4 is 5.73 Å². The fraction of sp³-hybridized carbons (Fsp3) is 0.875. The Morgan fingerprint density at radius 3 is 2.56 bits per heavy atom. The topological polar surface area (TPSA) is 182 Å². The maximum absolute atomic E-state index is 11.3. The van der Waals surface area contributed by atoms with E-state index in [4.69, 9.17) is 21.1 Å². The molecule has 0 aromatic heterocycles. The van der Waals surface area contributed by atoms with Crippen LogP contribution in [0.1, 0.15) is 6.92 Å². The molecule has 0 aromatic rings. The summed E-state index contributed by atoms with van der Waals surface area (Å²) in [5.41, 5.74) is 11.1. The first kappa shape index (κ1) is 14.8. The third kappa shape index (κ3) is 1.95. The van der Waals surface area contributed by atoms with Crippen LogP contribution in [-0.2, 0) is 9.53 Å². The third-order valence-corrected chi connectivity index (χ3v) is 2.89. The number of nitrogens with zero attached hydrogens (tertiary/aromatic N) is 3. The fourth-order valence-corrected chi connectivity index (χ4v) is 1.75. The number of azide groups is 1. The fourth-order valence-electron chi connectivity index (χ4n) is 1.75. The normalized spacial score (nSPS) is 44.2. The molecule has 1 fully saturated rings. The second-order valence-corrected chi connectivity index (χ2v) is 3.99. The van der Waals surface area contributed by atoms with E-state index in [0.717, 1.165) is 6.92 Å². The molecule has 0 spiro atoms. The zero-order valence-corrected chi connectivity index (χ0v) is 9.46. The van der Waals surface area contributed by atoms with E-state index in [1.165, 1.54) is 0 Å². The Morgan fingerprint density at radius 2 is 2.17 bits per heavy atom. The number of hydrogen-bond acceptors (Lipinski definition) is 8. The summed E-state index contributed by atoms with van der Waals surface area (Å²) in [6.45, 7) is 0.106. The quantitative estimate of drug-likeness (QED) is 0.209. The van der Waals surface area contributed by atoms with Crippen molar-refractivity contribution in [3.8, 4) is 0 Å². The van der Waals surface area contributed by atoms with Crippen LogP contribution in [0, 0.1) is 0 Å². The minimum atomic E-state index is -2.68. The van der Waals surface area contributed by atoms with Crippen molar-refractivity contribution in [2.45, 2.75) is 36.7 Å². The van der Waals surface area contributed by atoms with E-state index < -0.39 is 42.2 Å². The van der Waals surface area contributed by atoms with Crippen LogP contribution >= 0.6 is 0 Å². The van der Waals surface area contributed by atoms with Gasteiger partial charge in [0.2, 0.25) is 5.79 Å². The van der Waals surface area contributed by atoms with Gasteiger partial charge >= 0.3 is 0 Å². The summed E-state index contributed by atoms with van der Waals surface area (Å²) in [6.07, 6.45) is -3.43. The van der Waals surface area contributed by atoms with Gasteiger partial charge in [-0.25, -0.2) is 0 Å². The first-order chi connectivity index (χ1) is 8.24. The summed E-state index contributed by atoms with van der Waals surface area (Å²) < 4.78 is 4.79. The van der Waals surface area contributed by atoms with Crippen molar-refractivity contribution in [1.29, 1.82) is 0 Å². The summed E-state index contributed by atoms with van der Waals surface area (Å²) in [5.74, 6) is -3.64. The highest BCUT2D eigenvalue weighted by Gasteiger charge is 2.62. The highest BCUT2D eigenvalue weighted by Crippen LogP contribution is 2.35. The van der Waals surface area contributed by atoms with Crippen molar-refractivity contribution in [2.24, 2.45) is 10.8 Å². The van der Waals surface area contributed by atoms with E-state index in [9.17, 15) is 20.1 Å². The van der Waals surface area contributed by atoms with Gasteiger partial charge in [-0.3, -0.25) is 4.79 Å². The van der Waals surface area contributed by atoms with Crippen LogP contribution in [0.15, 0.2) is 5.11 Å². The van der Waals surface area contributed by atoms with Gasteiger partial charge in [-0.1, -0.05) is 5.11 Å². The molecule has 1 saturated heterocycles. The number of nitrogens with two attached hydrogens (primary N) is 1. The lowest BCUT2D eigenvalue weighted by Gasteiger charge is -2.49. The third-order valence-electron chi connectivity index (χ3n) is 2.89. The lowest BCUT2D eigenvalue weighted by Crippen LogP contribution is -2.76. The molecule has 0 aromatic carbocycles. The zero-order valence-electron chi connectivity index (χ0n) is 9.46. The van der Waals surface area contributed by atoms with Crippen molar-refractivity contribution in [1.82, 2.24) is 0 Å². The largest absolute Gasteiger partial charge is 0.394 e. The van der Waals surface area contributed by atoms with E-state index in [-0.39, 0.29) is 0 Å². The van der Waals surface area contributed by atoms with Gasteiger partial charge in [-0.15, -0.1) is 0 Å². The molecule has 1 aliphatic heterocycles. The van der Waals surface area contributed by atoms with E-state index in [2.05, 4.69) is 10.0 Å². The maximum Gasteiger partial charge on any atom is 0.245 e. The first-order valence-electron chi connectivity index (χ1n) is 4.98. The van der Waals surface area contributed by atoms with Crippen LogP contribution in [-0.4, -0.2) is 62.6 Å². The minimum absolute atomic E-state index is 0.827. The Labute approximate surface area is 101 Å². The van der Waals surface area contributed by atoms with E-state index >= 15 is 0 Å². The molecule has 0 aliphatic carbocycles. The van der Waals surface area contributed by atoms with Gasteiger partial charge < -0.3 is 30.9 Å². The van der Waals surface area contributed by atoms with Gasteiger partial charge in [-0.2, -0.15) is 0 Å². The molecule has 1 heterocycles. The van der Waals surface area contributed by atoms with Crippen molar-refractivity contribution in [3.63, 3.8) is 0 Å². The number of carbonyl (C=O) groups is 1. The number of aliphatic hydroxyl groups is 4. The van der Waals surface area contributed by atoms with Gasteiger partial charge in [-0.05, 0) is 5.53 Å². The van der Waals surface area contributed by atoms with Crippen LogP contribution in [0.25, 0.3) is 10.4 Å². The van der Waals surface area contributed by atoms with Crippen molar-refractivity contribution < 1.29 is 30.0 Å². The van der Waals surface area contributed by atoms with Crippen LogP contribution in [0.5, 0.6) is 0 Å². The van der Waals surface area contributed by atoms with Gasteiger partial charge in [0, 0.05) is 11.8 Å². The summed E-state index contributed by atoms with van der Waals surface area (Å²) in [4.78, 5) is 13.6. The highest BCUT2D eigenvalue weighted by atomic mass is 16.7. The summed E-state index contributed by atoms with van der Waals surface area (Å²) in [7, 11) is 0. The average molecular weight is 262 g/mol. The standard InChI is InChI=1S/C8H14N4O6/c1-3(14)8(17)6(9)7(16,11-12-10)5(15)4(2-13)18-8/h4-6,13,15-17H,2,9H2,1H3/t4-,5-,6-,7+,8?/m1/s1. The van der Waals surface area contributed by atoms with Gasteiger partial charge in [0.25, 0.3) is 0 Å². The molecule has 0 bridgehead atoms. The molecule has 102 valence electrons. The van der Waals surface area contributed by atoms with Crippen LogP contribution in [0.2, 0.25) is 0 Å². The summed E-state index contributed by atoms with van der Waals surface area (Å²) in [5, 5.41) is 41.5. The SMILES string of the molecule is CC(=O)C1(O)O[C@H](CO)[C@@H](O)[C@@](O)(N=[N+]=[N-])[C@H]1N. The Kier molecular flexibility index (Phi) is 3.93. The van der Waals surface area contributed by atoms with Crippen LogP contribution in [0.4, 0.5) is 0 Å². The molecular formula is C8H14N4O6. The van der Waals surface area contributed by atoms with E-state index in [0.29, 0.717) is 0 Å². The number of ketones is 1. The number of ether oxygens (including phenoxy) is 1. The lowest BCUT2D eigenvalue weighted by molar-refractivity contribution is -0.320. The molecule has 1 rings (SSSR count). The molecule has 1 aliphatic rings. The van der Waals surface area contributed by atoms with Crippen LogP contribution in [0.3, 0.4) is 0 Å². The number of hydrogen-bond donors (Lipinski definition) is 5. The predicted molar refractivity (Wildman–Crippen MR) is 55.7 cm³/mol. The second kappa shape index (κ2) is 4.78. The average Bonchev–Trinajstić information content (AvgIpc) is 2.32. The number of rotatable bonds is 3. The number of Topliss-reactive ketones (excluding diaryl/α,β-unsaturated/α-hetero) is 1. The predicted octanol–water partition coefficient (Wildman–Crippen LogP) is -2.66. The molecule has 10 heteroatoms. The molecule has 18 heavy (non-hydrogen) atoms. The molecule has 0 radical (unpaired) electrons. The molecule has 10 nitrogen and oxygen atoms in total. The summed E-state index contributed by atoms with van der Waals surface area (Å²) in [6, 6.07) is -1.91. The second-order valence-electron chi connectivity index (χ2n) is 3.99. The number of carbonyl (C=O) groups excluding carboxylic acids is 1. The lowest BCUT2D eigenvalue weighted by atomic mass is 9.84. The Bertz CT molecular complexity index is 399. The number of aliphatic hydroxyl groups excluding tert-OH is 2. The van der Waals surface area contributed by atoms with Crippen molar-refractivity contribution in [3.05, 3.63) is 10.4 Å². The zero-order chi connectivity index (χ0) is 14.1. The maximum atomic E-state index is 11.3. The Hall–Kier alpha value is -1.26. The first-order valence-corrected chi connectivity index (χ1v) is 4.98. The van der Waals surface area contributed by atoms with Gasteiger partial charge in [0.15, 0.2) is 11.5 Å². The molecular weight excluding hydrogens is 248 g/mol.